The van der Waals surface area contributed by atoms with Gasteiger partial charge in [0.05, 0.1) is 0 Å². The summed E-state index contributed by atoms with van der Waals surface area (Å²) < 4.78 is 0. The van der Waals surface area contributed by atoms with Gasteiger partial charge in [0.15, 0.2) is 0 Å². The Morgan fingerprint density at radius 3 is 3.18 bits per heavy atom. The molecule has 94 valence electrons. The van der Waals surface area contributed by atoms with Gasteiger partial charge in [-0.2, -0.15) is 0 Å². The molecule has 1 atom stereocenters. The van der Waals surface area contributed by atoms with Crippen molar-refractivity contribution in [2.24, 2.45) is 0 Å². The third-order valence-corrected chi connectivity index (χ3v) is 3.55. The highest BCUT2D eigenvalue weighted by Crippen LogP contribution is 2.11. The Balaban J connectivity index is 1.95. The largest absolute Gasteiger partial charge is 0.314 e. The first kappa shape index (κ1) is 12.5. The topological polar surface area (TPSA) is 28.2 Å². The number of rotatable bonds is 2. The van der Waals surface area contributed by atoms with Gasteiger partial charge in [-0.1, -0.05) is 0 Å². The van der Waals surface area contributed by atoms with Crippen LogP contribution in [-0.2, 0) is 6.54 Å². The van der Waals surface area contributed by atoms with Crippen molar-refractivity contribution in [3.63, 3.8) is 0 Å². The van der Waals surface area contributed by atoms with Gasteiger partial charge in [0.25, 0.3) is 0 Å². The maximum Gasteiger partial charge on any atom is 0.0300 e. The van der Waals surface area contributed by atoms with Crippen LogP contribution in [-0.4, -0.2) is 35.6 Å². The standard InChI is InChI=1S/C14H23N3/c1-12-10-15-7-4-14(12)11-17-8-3-6-16-13(2)5-9-17/h4,7,10,13,16H,3,5-6,8-9,11H2,1-2H3. The predicted octanol–water partition coefficient (Wildman–Crippen LogP) is 1.96. The second-order valence-electron chi connectivity index (χ2n) is 5.08. The molecule has 0 aliphatic carbocycles. The van der Waals surface area contributed by atoms with E-state index in [9.17, 15) is 0 Å². The van der Waals surface area contributed by atoms with Gasteiger partial charge < -0.3 is 5.32 Å². The molecule has 0 aromatic carbocycles. The molecule has 0 spiro atoms. The number of hydrogen-bond donors (Lipinski definition) is 1. The highest BCUT2D eigenvalue weighted by atomic mass is 15.1. The summed E-state index contributed by atoms with van der Waals surface area (Å²) in [6.45, 7) is 9.03. The molecule has 1 unspecified atom stereocenters. The molecule has 0 saturated carbocycles. The van der Waals surface area contributed by atoms with Gasteiger partial charge >= 0.3 is 0 Å². The molecule has 2 rings (SSSR count). The Hall–Kier alpha value is -0.930. The van der Waals surface area contributed by atoms with Gasteiger partial charge in [0, 0.05) is 25.0 Å². The zero-order valence-electron chi connectivity index (χ0n) is 10.9. The Morgan fingerprint density at radius 2 is 2.35 bits per heavy atom. The fraction of sp³-hybridized carbons (Fsp3) is 0.643. The van der Waals surface area contributed by atoms with Crippen LogP contribution < -0.4 is 5.32 Å². The number of nitrogens with zero attached hydrogens (tertiary/aromatic N) is 2. The molecule has 1 N–H and O–H groups in total. The third-order valence-electron chi connectivity index (χ3n) is 3.55. The van der Waals surface area contributed by atoms with Crippen LogP contribution in [0.5, 0.6) is 0 Å². The van der Waals surface area contributed by atoms with Crippen molar-refractivity contribution in [1.82, 2.24) is 15.2 Å². The molecule has 1 aliphatic heterocycles. The average molecular weight is 233 g/mol. The number of hydrogen-bond acceptors (Lipinski definition) is 3. The summed E-state index contributed by atoms with van der Waals surface area (Å²) in [5.41, 5.74) is 2.72. The van der Waals surface area contributed by atoms with E-state index in [0.717, 1.165) is 13.1 Å². The van der Waals surface area contributed by atoms with Crippen LogP contribution in [0, 0.1) is 6.92 Å². The van der Waals surface area contributed by atoms with E-state index in [1.165, 1.54) is 37.1 Å². The smallest absolute Gasteiger partial charge is 0.0300 e. The maximum absolute atomic E-state index is 4.16. The first-order valence-electron chi connectivity index (χ1n) is 6.61. The van der Waals surface area contributed by atoms with Crippen LogP contribution in [0.15, 0.2) is 18.5 Å². The third kappa shape index (κ3) is 3.79. The summed E-state index contributed by atoms with van der Waals surface area (Å²) in [4.78, 5) is 6.72. The van der Waals surface area contributed by atoms with Crippen LogP contribution >= 0.6 is 0 Å². The minimum absolute atomic E-state index is 0.649. The first-order chi connectivity index (χ1) is 8.25. The molecule has 0 bridgehead atoms. The molecule has 1 fully saturated rings. The zero-order valence-corrected chi connectivity index (χ0v) is 10.9. The first-order valence-corrected chi connectivity index (χ1v) is 6.61. The SMILES string of the molecule is Cc1cnccc1CN1CCCNC(C)CC1. The van der Waals surface area contributed by atoms with Gasteiger partial charge in [-0.05, 0) is 63.5 Å². The van der Waals surface area contributed by atoms with E-state index in [0.29, 0.717) is 6.04 Å². The van der Waals surface area contributed by atoms with E-state index >= 15 is 0 Å². The Kier molecular flexibility index (Phi) is 4.51. The zero-order chi connectivity index (χ0) is 12.1. The molecule has 2 heterocycles. The fourth-order valence-corrected chi connectivity index (χ4v) is 2.32. The summed E-state index contributed by atoms with van der Waals surface area (Å²) in [7, 11) is 0. The van der Waals surface area contributed by atoms with Gasteiger partial charge in [-0.15, -0.1) is 0 Å². The van der Waals surface area contributed by atoms with Gasteiger partial charge in [-0.3, -0.25) is 9.88 Å². The molecule has 3 nitrogen and oxygen atoms in total. The van der Waals surface area contributed by atoms with E-state index in [2.05, 4.69) is 35.1 Å². The molecule has 1 aliphatic rings. The molecule has 17 heavy (non-hydrogen) atoms. The average Bonchev–Trinajstić information content (AvgIpc) is 2.31. The fourth-order valence-electron chi connectivity index (χ4n) is 2.32. The minimum Gasteiger partial charge on any atom is -0.314 e. The van der Waals surface area contributed by atoms with Crippen molar-refractivity contribution in [3.05, 3.63) is 29.6 Å². The summed E-state index contributed by atoms with van der Waals surface area (Å²) >= 11 is 0. The molecule has 1 aromatic rings. The van der Waals surface area contributed by atoms with Crippen molar-refractivity contribution < 1.29 is 0 Å². The predicted molar refractivity (Wildman–Crippen MR) is 70.9 cm³/mol. The van der Waals surface area contributed by atoms with Crippen molar-refractivity contribution in [3.8, 4) is 0 Å². The lowest BCUT2D eigenvalue weighted by molar-refractivity contribution is 0.229. The number of aryl methyl sites for hydroxylation is 1. The van der Waals surface area contributed by atoms with Crippen LogP contribution in [0.2, 0.25) is 0 Å². The Bertz CT molecular complexity index is 351. The molecule has 0 amide bonds. The lowest BCUT2D eigenvalue weighted by atomic mass is 10.1. The molecule has 1 saturated heterocycles. The quantitative estimate of drug-likeness (QED) is 0.846. The second kappa shape index (κ2) is 6.12. The van der Waals surface area contributed by atoms with Crippen LogP contribution in [0.3, 0.4) is 0 Å². The van der Waals surface area contributed by atoms with Gasteiger partial charge in [0.2, 0.25) is 0 Å². The van der Waals surface area contributed by atoms with E-state index in [1.807, 2.05) is 12.4 Å². The second-order valence-corrected chi connectivity index (χ2v) is 5.08. The monoisotopic (exact) mass is 233 g/mol. The molecule has 0 radical (unpaired) electrons. The Morgan fingerprint density at radius 1 is 1.47 bits per heavy atom. The number of pyridine rings is 1. The highest BCUT2D eigenvalue weighted by molar-refractivity contribution is 5.21. The van der Waals surface area contributed by atoms with E-state index < -0.39 is 0 Å². The van der Waals surface area contributed by atoms with Gasteiger partial charge in [0.1, 0.15) is 0 Å². The molecule has 3 heteroatoms. The van der Waals surface area contributed by atoms with Crippen molar-refractivity contribution in [2.75, 3.05) is 19.6 Å². The van der Waals surface area contributed by atoms with Crippen molar-refractivity contribution >= 4 is 0 Å². The van der Waals surface area contributed by atoms with Crippen LogP contribution in [0.4, 0.5) is 0 Å². The van der Waals surface area contributed by atoms with Crippen LogP contribution in [0.25, 0.3) is 0 Å². The summed E-state index contributed by atoms with van der Waals surface area (Å²) in [5.74, 6) is 0. The molecular formula is C14H23N3. The maximum atomic E-state index is 4.16. The van der Waals surface area contributed by atoms with E-state index in [4.69, 9.17) is 0 Å². The number of nitrogens with one attached hydrogen (secondary N) is 1. The summed E-state index contributed by atoms with van der Waals surface area (Å²) in [6.07, 6.45) is 6.35. The highest BCUT2D eigenvalue weighted by Gasteiger charge is 2.12. The van der Waals surface area contributed by atoms with Gasteiger partial charge in [-0.25, -0.2) is 0 Å². The Labute approximate surface area is 104 Å². The normalized spacial score (nSPS) is 23.1. The minimum atomic E-state index is 0.649. The van der Waals surface area contributed by atoms with E-state index in [-0.39, 0.29) is 0 Å². The van der Waals surface area contributed by atoms with Crippen LogP contribution in [0.1, 0.15) is 30.9 Å². The van der Waals surface area contributed by atoms with Crippen molar-refractivity contribution in [1.29, 1.82) is 0 Å². The lowest BCUT2D eigenvalue weighted by Crippen LogP contribution is -2.38. The molecule has 1 aromatic heterocycles. The number of aromatic nitrogens is 1. The van der Waals surface area contributed by atoms with E-state index in [1.54, 1.807) is 0 Å². The van der Waals surface area contributed by atoms with Crippen molar-refractivity contribution in [2.45, 2.75) is 39.3 Å². The molecular weight excluding hydrogens is 210 g/mol. The summed E-state index contributed by atoms with van der Waals surface area (Å²) in [5, 5.41) is 3.54. The lowest BCUT2D eigenvalue weighted by Gasteiger charge is -2.28. The summed E-state index contributed by atoms with van der Waals surface area (Å²) in [6, 6.07) is 2.80.